The Morgan fingerprint density at radius 3 is 2.93 bits per heavy atom. The van der Waals surface area contributed by atoms with Crippen LogP contribution in [0.4, 0.5) is 0 Å². The highest BCUT2D eigenvalue weighted by atomic mass is 16.5. The van der Waals surface area contributed by atoms with Gasteiger partial charge in [-0.15, -0.1) is 0 Å². The van der Waals surface area contributed by atoms with Crippen LogP contribution in [-0.4, -0.2) is 29.1 Å². The van der Waals surface area contributed by atoms with Crippen molar-refractivity contribution >= 4 is 5.78 Å². The van der Waals surface area contributed by atoms with Gasteiger partial charge in [-0.05, 0) is 0 Å². The second-order valence-corrected chi connectivity index (χ2v) is 3.24. The highest BCUT2D eigenvalue weighted by molar-refractivity contribution is 5.78. The first-order valence-corrected chi connectivity index (χ1v) is 4.71. The summed E-state index contributed by atoms with van der Waals surface area (Å²) in [6.45, 7) is 0.513. The highest BCUT2D eigenvalue weighted by Gasteiger charge is 2.04. The lowest BCUT2D eigenvalue weighted by molar-refractivity contribution is -0.119. The Balaban J connectivity index is 2.27. The van der Waals surface area contributed by atoms with Gasteiger partial charge in [0.15, 0.2) is 0 Å². The molecule has 0 unspecified atom stereocenters. The topological polar surface area (TPSA) is 44.1 Å². The predicted octanol–water partition coefficient (Wildman–Crippen LogP) is 0.958. The number of Topliss-reactive ketones (excluding diaryl/α,β-unsaturated/α-hetero) is 1. The molecule has 0 saturated carbocycles. The van der Waals surface area contributed by atoms with Gasteiger partial charge in [0.2, 0.25) is 0 Å². The van der Waals surface area contributed by atoms with Gasteiger partial charge < -0.3 is 9.30 Å². The Morgan fingerprint density at radius 1 is 1.57 bits per heavy atom. The highest BCUT2D eigenvalue weighted by Crippen LogP contribution is 2.01. The van der Waals surface area contributed by atoms with Crippen LogP contribution in [0.25, 0.3) is 0 Å². The fourth-order valence-electron chi connectivity index (χ4n) is 1.23. The van der Waals surface area contributed by atoms with Crippen LogP contribution in [0.5, 0.6) is 0 Å². The number of ketones is 1. The van der Waals surface area contributed by atoms with Crippen molar-refractivity contribution in [1.82, 2.24) is 9.55 Å². The summed E-state index contributed by atoms with van der Waals surface area (Å²) in [5, 5.41) is 0. The first kappa shape index (κ1) is 10.9. The van der Waals surface area contributed by atoms with E-state index in [1.54, 1.807) is 13.3 Å². The molecule has 0 aliphatic carbocycles. The molecule has 0 aliphatic rings. The quantitative estimate of drug-likeness (QED) is 0.680. The van der Waals surface area contributed by atoms with Crippen molar-refractivity contribution in [2.24, 2.45) is 7.05 Å². The van der Waals surface area contributed by atoms with Crippen molar-refractivity contribution in [3.8, 4) is 0 Å². The Bertz CT molecular complexity index is 294. The molecular formula is C10H16N2O2. The largest absolute Gasteiger partial charge is 0.384 e. The number of methoxy groups -OCH3 is 1. The van der Waals surface area contributed by atoms with Crippen LogP contribution in [0.2, 0.25) is 0 Å². The van der Waals surface area contributed by atoms with Gasteiger partial charge in [0.25, 0.3) is 0 Å². The Morgan fingerprint density at radius 2 is 2.36 bits per heavy atom. The molecular weight excluding hydrogens is 180 g/mol. The number of nitrogens with zero attached hydrogens (tertiary/aromatic N) is 2. The summed E-state index contributed by atoms with van der Waals surface area (Å²) in [4.78, 5) is 15.4. The van der Waals surface area contributed by atoms with Gasteiger partial charge in [-0.3, -0.25) is 4.79 Å². The number of rotatable bonds is 6. The zero-order chi connectivity index (χ0) is 10.4. The lowest BCUT2D eigenvalue weighted by atomic mass is 10.1. The van der Waals surface area contributed by atoms with Crippen molar-refractivity contribution in [2.45, 2.75) is 19.3 Å². The summed E-state index contributed by atoms with van der Waals surface area (Å²) in [6.07, 6.45) is 5.39. The fraction of sp³-hybridized carbons (Fsp3) is 0.600. The van der Waals surface area contributed by atoms with Gasteiger partial charge in [-0.25, -0.2) is 4.98 Å². The number of carbonyl (C=O) groups excluding carboxylic acids is 1. The summed E-state index contributed by atoms with van der Waals surface area (Å²) in [5.41, 5.74) is 0. The molecule has 1 heterocycles. The lowest BCUT2D eigenvalue weighted by Crippen LogP contribution is -2.06. The molecule has 78 valence electrons. The van der Waals surface area contributed by atoms with Crippen molar-refractivity contribution in [3.05, 3.63) is 18.2 Å². The molecule has 1 aromatic heterocycles. The van der Waals surface area contributed by atoms with Crippen LogP contribution in [0.15, 0.2) is 12.4 Å². The molecule has 0 N–H and O–H groups in total. The van der Waals surface area contributed by atoms with Crippen molar-refractivity contribution in [1.29, 1.82) is 0 Å². The SMILES string of the molecule is COCCC(=O)CCc1nccn1C. The second kappa shape index (κ2) is 5.54. The minimum Gasteiger partial charge on any atom is -0.384 e. The van der Waals surface area contributed by atoms with Crippen LogP contribution < -0.4 is 0 Å². The summed E-state index contributed by atoms with van der Waals surface area (Å²) in [7, 11) is 3.54. The summed E-state index contributed by atoms with van der Waals surface area (Å²) < 4.78 is 6.77. The first-order valence-electron chi connectivity index (χ1n) is 4.71. The van der Waals surface area contributed by atoms with Crippen LogP contribution >= 0.6 is 0 Å². The smallest absolute Gasteiger partial charge is 0.135 e. The standard InChI is InChI=1S/C10H16N2O2/c1-12-7-6-11-10(12)4-3-9(13)5-8-14-2/h6-7H,3-5,8H2,1-2H3. The Labute approximate surface area is 83.9 Å². The average molecular weight is 196 g/mol. The number of hydrogen-bond acceptors (Lipinski definition) is 3. The van der Waals surface area contributed by atoms with E-state index in [-0.39, 0.29) is 5.78 Å². The monoisotopic (exact) mass is 196 g/mol. The van der Waals surface area contributed by atoms with Crippen molar-refractivity contribution in [3.63, 3.8) is 0 Å². The van der Waals surface area contributed by atoms with E-state index in [9.17, 15) is 4.79 Å². The summed E-state index contributed by atoms with van der Waals surface area (Å²) in [5.74, 6) is 1.19. The van der Waals surface area contributed by atoms with Crippen molar-refractivity contribution in [2.75, 3.05) is 13.7 Å². The maximum Gasteiger partial charge on any atom is 0.135 e. The lowest BCUT2D eigenvalue weighted by Gasteiger charge is -2.01. The van der Waals surface area contributed by atoms with E-state index in [4.69, 9.17) is 4.74 Å². The number of aryl methyl sites for hydroxylation is 2. The van der Waals surface area contributed by atoms with E-state index in [1.807, 2.05) is 17.8 Å². The Hall–Kier alpha value is -1.16. The van der Waals surface area contributed by atoms with Gasteiger partial charge in [0.05, 0.1) is 6.61 Å². The van der Waals surface area contributed by atoms with E-state index in [0.717, 1.165) is 5.82 Å². The molecule has 1 rings (SSSR count). The maximum absolute atomic E-state index is 11.3. The van der Waals surface area contributed by atoms with Crippen LogP contribution in [0, 0.1) is 0 Å². The van der Waals surface area contributed by atoms with E-state index < -0.39 is 0 Å². The summed E-state index contributed by atoms with van der Waals surface area (Å²) >= 11 is 0. The van der Waals surface area contributed by atoms with E-state index in [0.29, 0.717) is 25.9 Å². The van der Waals surface area contributed by atoms with Crippen molar-refractivity contribution < 1.29 is 9.53 Å². The number of ether oxygens (including phenoxy) is 1. The molecule has 0 saturated heterocycles. The molecule has 0 fully saturated rings. The van der Waals surface area contributed by atoms with E-state index in [2.05, 4.69) is 4.98 Å². The van der Waals surface area contributed by atoms with Crippen LogP contribution in [0.1, 0.15) is 18.7 Å². The normalized spacial score (nSPS) is 10.4. The van der Waals surface area contributed by atoms with E-state index in [1.165, 1.54) is 0 Å². The molecule has 14 heavy (non-hydrogen) atoms. The molecule has 0 amide bonds. The number of aromatic nitrogens is 2. The van der Waals surface area contributed by atoms with Gasteiger partial charge in [-0.2, -0.15) is 0 Å². The minimum absolute atomic E-state index is 0.231. The third-order valence-corrected chi connectivity index (χ3v) is 2.13. The zero-order valence-electron chi connectivity index (χ0n) is 8.69. The third-order valence-electron chi connectivity index (χ3n) is 2.13. The fourth-order valence-corrected chi connectivity index (χ4v) is 1.23. The number of hydrogen-bond donors (Lipinski definition) is 0. The average Bonchev–Trinajstić information content (AvgIpc) is 2.58. The Kier molecular flexibility index (Phi) is 4.32. The van der Waals surface area contributed by atoms with Gasteiger partial charge in [0, 0.05) is 45.8 Å². The molecule has 4 nitrogen and oxygen atoms in total. The molecule has 0 bridgehead atoms. The van der Waals surface area contributed by atoms with Gasteiger partial charge in [-0.1, -0.05) is 0 Å². The summed E-state index contributed by atoms with van der Waals surface area (Å²) in [6, 6.07) is 0. The minimum atomic E-state index is 0.231. The number of carbonyl (C=O) groups is 1. The molecule has 1 aromatic rings. The van der Waals surface area contributed by atoms with E-state index >= 15 is 0 Å². The molecule has 0 aliphatic heterocycles. The first-order chi connectivity index (χ1) is 6.74. The van der Waals surface area contributed by atoms with Gasteiger partial charge in [0.1, 0.15) is 11.6 Å². The molecule has 4 heteroatoms. The van der Waals surface area contributed by atoms with Gasteiger partial charge >= 0.3 is 0 Å². The molecule has 0 radical (unpaired) electrons. The third kappa shape index (κ3) is 3.30. The number of imidazole rings is 1. The molecule has 0 atom stereocenters. The van der Waals surface area contributed by atoms with Crippen LogP contribution in [-0.2, 0) is 23.0 Å². The predicted molar refractivity (Wildman–Crippen MR) is 53.0 cm³/mol. The molecule has 0 spiro atoms. The van der Waals surface area contributed by atoms with Crippen LogP contribution in [0.3, 0.4) is 0 Å². The maximum atomic E-state index is 11.3. The second-order valence-electron chi connectivity index (χ2n) is 3.24. The zero-order valence-corrected chi connectivity index (χ0v) is 8.69. The molecule has 0 aromatic carbocycles.